The van der Waals surface area contributed by atoms with Crippen LogP contribution in [-0.2, 0) is 4.74 Å². The molecule has 1 saturated heterocycles. The average Bonchev–Trinajstić information content (AvgIpc) is 3.24. The number of nitrogen functional groups attached to an aromatic ring is 1. The van der Waals surface area contributed by atoms with Crippen LogP contribution in [0.2, 0.25) is 0 Å². The predicted octanol–water partition coefficient (Wildman–Crippen LogP) is 3.02. The molecule has 0 spiro atoms. The number of hydrogen-bond acceptors (Lipinski definition) is 8. The lowest BCUT2D eigenvalue weighted by atomic mass is 10.1. The summed E-state index contributed by atoms with van der Waals surface area (Å²) in [7, 11) is 1.52. The summed E-state index contributed by atoms with van der Waals surface area (Å²) in [6.07, 6.45) is 4.23. The molecule has 11 heteroatoms. The third-order valence-electron chi connectivity index (χ3n) is 5.02. The van der Waals surface area contributed by atoms with Gasteiger partial charge in [-0.1, -0.05) is 0 Å². The van der Waals surface area contributed by atoms with Gasteiger partial charge in [-0.2, -0.15) is 5.10 Å². The molecule has 1 aliphatic rings. The van der Waals surface area contributed by atoms with Gasteiger partial charge in [-0.25, -0.2) is 23.7 Å². The van der Waals surface area contributed by atoms with Crippen LogP contribution in [0.4, 0.5) is 20.5 Å². The minimum absolute atomic E-state index is 0.121. The molecule has 31 heavy (non-hydrogen) atoms. The molecule has 3 aromatic rings. The van der Waals surface area contributed by atoms with Crippen LogP contribution in [0.1, 0.15) is 18.9 Å². The lowest BCUT2D eigenvalue weighted by molar-refractivity contribution is 0.0663. The number of ether oxygens (including phenoxy) is 2. The minimum Gasteiger partial charge on any atom is -0.493 e. The number of alkyl halides is 2. The third-order valence-corrected chi connectivity index (χ3v) is 5.02. The summed E-state index contributed by atoms with van der Waals surface area (Å²) in [5, 5.41) is 7.36. The van der Waals surface area contributed by atoms with Crippen LogP contribution in [0.5, 0.6) is 5.75 Å². The molecule has 3 N–H and O–H groups in total. The van der Waals surface area contributed by atoms with Gasteiger partial charge in [0.15, 0.2) is 11.6 Å². The molecule has 0 unspecified atom stereocenters. The third kappa shape index (κ3) is 4.71. The van der Waals surface area contributed by atoms with E-state index in [9.17, 15) is 8.78 Å². The SMILES string of the molecule is COc1cc(-c2nn(C3CCOCC3)cc2-c2ccnc(NCC(F)F)n2)cnc1N. The van der Waals surface area contributed by atoms with E-state index >= 15 is 0 Å². The molecule has 4 rings (SSSR count). The number of halogens is 2. The molecule has 164 valence electrons. The quantitative estimate of drug-likeness (QED) is 0.587. The van der Waals surface area contributed by atoms with Crippen molar-refractivity contribution in [3.63, 3.8) is 0 Å². The van der Waals surface area contributed by atoms with Gasteiger partial charge < -0.3 is 20.5 Å². The molecular weight excluding hydrogens is 408 g/mol. The molecule has 0 saturated carbocycles. The van der Waals surface area contributed by atoms with E-state index in [1.807, 2.05) is 10.9 Å². The van der Waals surface area contributed by atoms with Crippen molar-refractivity contribution in [3.8, 4) is 28.3 Å². The number of aromatic nitrogens is 5. The van der Waals surface area contributed by atoms with Crippen LogP contribution in [0.3, 0.4) is 0 Å². The van der Waals surface area contributed by atoms with Crippen LogP contribution in [-0.4, -0.2) is 58.0 Å². The Bertz CT molecular complexity index is 1040. The fourth-order valence-electron chi connectivity index (χ4n) is 3.44. The second-order valence-corrected chi connectivity index (χ2v) is 7.06. The van der Waals surface area contributed by atoms with Gasteiger partial charge in [0.05, 0.1) is 25.4 Å². The number of rotatable bonds is 7. The molecule has 0 amide bonds. The number of methoxy groups -OCH3 is 1. The lowest BCUT2D eigenvalue weighted by Crippen LogP contribution is -2.19. The van der Waals surface area contributed by atoms with Crippen LogP contribution in [0.25, 0.3) is 22.5 Å². The van der Waals surface area contributed by atoms with E-state index in [0.717, 1.165) is 18.4 Å². The first-order valence-electron chi connectivity index (χ1n) is 9.87. The van der Waals surface area contributed by atoms with E-state index in [4.69, 9.17) is 20.3 Å². The summed E-state index contributed by atoms with van der Waals surface area (Å²) in [6.45, 7) is 0.806. The Morgan fingerprint density at radius 1 is 1.32 bits per heavy atom. The van der Waals surface area contributed by atoms with Gasteiger partial charge in [0.25, 0.3) is 6.43 Å². The molecule has 9 nitrogen and oxygen atoms in total. The van der Waals surface area contributed by atoms with E-state index in [1.54, 1.807) is 18.3 Å². The number of nitrogens with two attached hydrogens (primary N) is 1. The van der Waals surface area contributed by atoms with E-state index < -0.39 is 13.0 Å². The Kier molecular flexibility index (Phi) is 6.21. The zero-order chi connectivity index (χ0) is 21.8. The fraction of sp³-hybridized carbons (Fsp3) is 0.400. The molecule has 3 aromatic heterocycles. The Hall–Kier alpha value is -3.34. The maximum absolute atomic E-state index is 12.6. The van der Waals surface area contributed by atoms with Crippen LogP contribution < -0.4 is 15.8 Å². The van der Waals surface area contributed by atoms with Crippen molar-refractivity contribution in [3.05, 3.63) is 30.7 Å². The minimum atomic E-state index is -2.51. The van der Waals surface area contributed by atoms with Gasteiger partial charge in [0, 0.05) is 42.9 Å². The van der Waals surface area contributed by atoms with Gasteiger partial charge in [-0.05, 0) is 25.0 Å². The van der Waals surface area contributed by atoms with Crippen molar-refractivity contribution in [1.82, 2.24) is 24.7 Å². The average molecular weight is 431 g/mol. The molecular formula is C20H23F2N7O2. The number of nitrogens with one attached hydrogen (secondary N) is 1. The van der Waals surface area contributed by atoms with Crippen molar-refractivity contribution in [2.75, 3.05) is 37.9 Å². The fourth-order valence-corrected chi connectivity index (χ4v) is 3.44. The second-order valence-electron chi connectivity index (χ2n) is 7.06. The van der Waals surface area contributed by atoms with E-state index in [2.05, 4.69) is 20.3 Å². The van der Waals surface area contributed by atoms with Crippen molar-refractivity contribution in [1.29, 1.82) is 0 Å². The zero-order valence-corrected chi connectivity index (χ0v) is 17.0. The van der Waals surface area contributed by atoms with Crippen molar-refractivity contribution < 1.29 is 18.3 Å². The molecule has 0 radical (unpaired) electrons. The van der Waals surface area contributed by atoms with Gasteiger partial charge in [0.2, 0.25) is 5.95 Å². The van der Waals surface area contributed by atoms with Gasteiger partial charge in [-0.3, -0.25) is 4.68 Å². The van der Waals surface area contributed by atoms with Crippen molar-refractivity contribution >= 4 is 11.8 Å². The highest BCUT2D eigenvalue weighted by Crippen LogP contribution is 2.35. The summed E-state index contributed by atoms with van der Waals surface area (Å²) < 4.78 is 37.8. The van der Waals surface area contributed by atoms with E-state index in [0.29, 0.717) is 35.9 Å². The molecule has 4 heterocycles. The zero-order valence-electron chi connectivity index (χ0n) is 17.0. The molecule has 0 aromatic carbocycles. The van der Waals surface area contributed by atoms with Gasteiger partial charge >= 0.3 is 0 Å². The summed E-state index contributed by atoms with van der Waals surface area (Å²) in [6, 6.07) is 3.66. The second kappa shape index (κ2) is 9.21. The summed E-state index contributed by atoms with van der Waals surface area (Å²) in [5.41, 5.74) is 8.47. The Morgan fingerprint density at radius 3 is 2.87 bits per heavy atom. The predicted molar refractivity (Wildman–Crippen MR) is 111 cm³/mol. The first-order chi connectivity index (χ1) is 15.0. The topological polar surface area (TPSA) is 113 Å². The molecule has 0 atom stereocenters. The first-order valence-corrected chi connectivity index (χ1v) is 9.87. The Balaban J connectivity index is 1.77. The smallest absolute Gasteiger partial charge is 0.255 e. The highest BCUT2D eigenvalue weighted by atomic mass is 19.3. The molecule has 1 aliphatic heterocycles. The summed E-state index contributed by atoms with van der Waals surface area (Å²) in [5.74, 6) is 0.832. The van der Waals surface area contributed by atoms with Crippen LogP contribution in [0, 0.1) is 0 Å². The van der Waals surface area contributed by atoms with E-state index in [-0.39, 0.29) is 17.8 Å². The molecule has 0 aliphatic carbocycles. The van der Waals surface area contributed by atoms with Gasteiger partial charge in [0.1, 0.15) is 5.69 Å². The number of nitrogens with zero attached hydrogens (tertiary/aromatic N) is 5. The highest BCUT2D eigenvalue weighted by molar-refractivity contribution is 5.79. The number of pyridine rings is 1. The van der Waals surface area contributed by atoms with E-state index in [1.165, 1.54) is 13.3 Å². The van der Waals surface area contributed by atoms with Crippen molar-refractivity contribution in [2.45, 2.75) is 25.3 Å². The maximum atomic E-state index is 12.6. The number of anilines is 2. The summed E-state index contributed by atoms with van der Waals surface area (Å²) in [4.78, 5) is 12.6. The first kappa shape index (κ1) is 20.9. The lowest BCUT2D eigenvalue weighted by Gasteiger charge is -2.22. The van der Waals surface area contributed by atoms with Gasteiger partial charge in [-0.15, -0.1) is 0 Å². The monoisotopic (exact) mass is 431 g/mol. The Morgan fingerprint density at radius 2 is 2.13 bits per heavy atom. The molecule has 1 fully saturated rings. The number of hydrogen-bond donors (Lipinski definition) is 2. The van der Waals surface area contributed by atoms with Crippen molar-refractivity contribution in [2.24, 2.45) is 0 Å². The van der Waals surface area contributed by atoms with Crippen LogP contribution >= 0.6 is 0 Å². The normalized spacial score (nSPS) is 14.7. The summed E-state index contributed by atoms with van der Waals surface area (Å²) >= 11 is 0. The molecule has 0 bridgehead atoms. The Labute approximate surface area is 177 Å². The standard InChI is InChI=1S/C20H23F2N7O2/c1-30-16-8-12(9-25-19(16)23)18-14(11-29(28-18)13-3-6-31-7-4-13)15-2-5-24-20(27-15)26-10-17(21)22/h2,5,8-9,11,13,17H,3-4,6-7,10H2,1H3,(H2,23,25)(H,24,26,27). The largest absolute Gasteiger partial charge is 0.493 e. The van der Waals surface area contributed by atoms with Crippen LogP contribution in [0.15, 0.2) is 30.7 Å². The maximum Gasteiger partial charge on any atom is 0.255 e. The highest BCUT2D eigenvalue weighted by Gasteiger charge is 2.22.